The molecule has 1 aromatic heterocycles. The first kappa shape index (κ1) is 21.0. The number of para-hydroxylation sites is 1. The highest BCUT2D eigenvalue weighted by Gasteiger charge is 2.21. The number of nitrogens with zero attached hydrogens (tertiary/aromatic N) is 1. The maximum atomic E-state index is 12.8. The zero-order valence-electron chi connectivity index (χ0n) is 17.1. The molecule has 3 aromatic rings. The van der Waals surface area contributed by atoms with Crippen LogP contribution in [0.5, 0.6) is 5.75 Å². The summed E-state index contributed by atoms with van der Waals surface area (Å²) >= 11 is 0. The summed E-state index contributed by atoms with van der Waals surface area (Å²) in [5, 5.41) is 5.69. The Kier molecular flexibility index (Phi) is 7.16. The van der Waals surface area contributed by atoms with Crippen LogP contribution >= 0.6 is 0 Å². The van der Waals surface area contributed by atoms with Crippen LogP contribution in [0.1, 0.15) is 34.8 Å². The lowest BCUT2D eigenvalue weighted by Gasteiger charge is -2.18. The summed E-state index contributed by atoms with van der Waals surface area (Å²) in [6, 6.07) is 18.2. The van der Waals surface area contributed by atoms with Crippen LogP contribution in [0, 0.1) is 6.92 Å². The molecule has 2 aromatic carbocycles. The van der Waals surface area contributed by atoms with Crippen molar-refractivity contribution in [1.29, 1.82) is 0 Å². The fourth-order valence-electron chi connectivity index (χ4n) is 2.89. The molecule has 6 heteroatoms. The van der Waals surface area contributed by atoms with Gasteiger partial charge in [-0.05, 0) is 49.2 Å². The SMILES string of the molecule is CC[C@H](Oc1ccc(C)cc1)C(=O)Nc1ccccc1C(=O)NCc1cccnc1. The number of rotatable bonds is 8. The molecule has 0 radical (unpaired) electrons. The Hall–Kier alpha value is -3.67. The summed E-state index contributed by atoms with van der Waals surface area (Å²) in [7, 11) is 0. The molecule has 6 nitrogen and oxygen atoms in total. The van der Waals surface area contributed by atoms with Gasteiger partial charge >= 0.3 is 0 Å². The van der Waals surface area contributed by atoms with Gasteiger partial charge in [-0.25, -0.2) is 0 Å². The van der Waals surface area contributed by atoms with E-state index in [1.165, 1.54) is 0 Å². The average Bonchev–Trinajstić information content (AvgIpc) is 2.78. The number of aromatic nitrogens is 1. The van der Waals surface area contributed by atoms with Crippen molar-refractivity contribution in [2.24, 2.45) is 0 Å². The third kappa shape index (κ3) is 5.67. The minimum atomic E-state index is -0.667. The summed E-state index contributed by atoms with van der Waals surface area (Å²) in [4.78, 5) is 29.5. The highest BCUT2D eigenvalue weighted by atomic mass is 16.5. The smallest absolute Gasteiger partial charge is 0.265 e. The van der Waals surface area contributed by atoms with E-state index in [-0.39, 0.29) is 11.8 Å². The number of ether oxygens (including phenoxy) is 1. The molecule has 30 heavy (non-hydrogen) atoms. The Morgan fingerprint density at radius 3 is 2.50 bits per heavy atom. The van der Waals surface area contributed by atoms with Crippen molar-refractivity contribution < 1.29 is 14.3 Å². The first-order chi connectivity index (χ1) is 14.6. The zero-order chi connectivity index (χ0) is 21.3. The van der Waals surface area contributed by atoms with Crippen molar-refractivity contribution in [2.75, 3.05) is 5.32 Å². The van der Waals surface area contributed by atoms with E-state index in [1.807, 2.05) is 50.2 Å². The van der Waals surface area contributed by atoms with E-state index in [0.29, 0.717) is 30.0 Å². The monoisotopic (exact) mass is 403 g/mol. The summed E-state index contributed by atoms with van der Waals surface area (Å²) in [5.74, 6) is 0.0536. The number of nitrogens with one attached hydrogen (secondary N) is 2. The summed E-state index contributed by atoms with van der Waals surface area (Å²) in [6.45, 7) is 4.22. The average molecular weight is 403 g/mol. The molecule has 0 bridgehead atoms. The lowest BCUT2D eigenvalue weighted by molar-refractivity contribution is -0.122. The van der Waals surface area contributed by atoms with Crippen molar-refractivity contribution in [3.8, 4) is 5.75 Å². The molecule has 0 saturated carbocycles. The molecule has 1 atom stereocenters. The Balaban J connectivity index is 1.67. The normalized spacial score (nSPS) is 11.4. The molecule has 2 N–H and O–H groups in total. The van der Waals surface area contributed by atoms with Crippen molar-refractivity contribution >= 4 is 17.5 Å². The van der Waals surface area contributed by atoms with Gasteiger partial charge in [-0.15, -0.1) is 0 Å². The first-order valence-corrected chi connectivity index (χ1v) is 9.87. The maximum Gasteiger partial charge on any atom is 0.265 e. The van der Waals surface area contributed by atoms with Gasteiger partial charge in [0.05, 0.1) is 11.3 Å². The molecule has 0 aliphatic rings. The third-order valence-corrected chi connectivity index (χ3v) is 4.57. The number of hydrogen-bond acceptors (Lipinski definition) is 4. The lowest BCUT2D eigenvalue weighted by atomic mass is 10.1. The van der Waals surface area contributed by atoms with E-state index < -0.39 is 6.10 Å². The van der Waals surface area contributed by atoms with Gasteiger partial charge in [0.25, 0.3) is 11.8 Å². The second kappa shape index (κ2) is 10.2. The van der Waals surface area contributed by atoms with E-state index in [1.54, 1.807) is 36.7 Å². The van der Waals surface area contributed by atoms with Gasteiger partial charge in [0, 0.05) is 18.9 Å². The Labute approximate surface area is 176 Å². The van der Waals surface area contributed by atoms with E-state index >= 15 is 0 Å². The minimum absolute atomic E-state index is 0.276. The third-order valence-electron chi connectivity index (χ3n) is 4.57. The Morgan fingerprint density at radius 2 is 1.80 bits per heavy atom. The maximum absolute atomic E-state index is 12.8. The van der Waals surface area contributed by atoms with Crippen LogP contribution in [0.3, 0.4) is 0 Å². The number of carbonyl (C=O) groups is 2. The Bertz CT molecular complexity index is 988. The summed E-state index contributed by atoms with van der Waals surface area (Å²) < 4.78 is 5.84. The quantitative estimate of drug-likeness (QED) is 0.593. The summed E-state index contributed by atoms with van der Waals surface area (Å²) in [5.41, 5.74) is 2.84. The number of amides is 2. The number of pyridine rings is 1. The lowest BCUT2D eigenvalue weighted by Crippen LogP contribution is -2.33. The van der Waals surface area contributed by atoms with Crippen LogP contribution in [0.2, 0.25) is 0 Å². The van der Waals surface area contributed by atoms with Crippen molar-refractivity contribution in [1.82, 2.24) is 10.3 Å². The number of hydrogen-bond donors (Lipinski definition) is 2. The number of carbonyl (C=O) groups excluding carboxylic acids is 2. The van der Waals surface area contributed by atoms with Crippen LogP contribution < -0.4 is 15.4 Å². The van der Waals surface area contributed by atoms with Crippen LogP contribution in [-0.2, 0) is 11.3 Å². The van der Waals surface area contributed by atoms with Gasteiger partial charge in [-0.2, -0.15) is 0 Å². The van der Waals surface area contributed by atoms with E-state index in [9.17, 15) is 9.59 Å². The largest absolute Gasteiger partial charge is 0.481 e. The van der Waals surface area contributed by atoms with Gasteiger partial charge in [0.15, 0.2) is 6.10 Å². The number of anilines is 1. The number of aryl methyl sites for hydroxylation is 1. The molecule has 1 heterocycles. The van der Waals surface area contributed by atoms with Crippen molar-refractivity contribution in [3.05, 3.63) is 89.7 Å². The predicted molar refractivity (Wildman–Crippen MR) is 116 cm³/mol. The first-order valence-electron chi connectivity index (χ1n) is 9.87. The van der Waals surface area contributed by atoms with E-state index in [0.717, 1.165) is 11.1 Å². The van der Waals surface area contributed by atoms with Crippen LogP contribution in [0.4, 0.5) is 5.69 Å². The molecule has 2 amide bonds. The van der Waals surface area contributed by atoms with Crippen molar-refractivity contribution in [2.45, 2.75) is 32.9 Å². The zero-order valence-corrected chi connectivity index (χ0v) is 17.1. The van der Waals surface area contributed by atoms with Crippen LogP contribution in [0.15, 0.2) is 73.1 Å². The number of benzene rings is 2. The molecule has 0 aliphatic carbocycles. The second-order valence-electron chi connectivity index (χ2n) is 6.91. The van der Waals surface area contributed by atoms with Crippen molar-refractivity contribution in [3.63, 3.8) is 0 Å². The molecule has 0 aliphatic heterocycles. The van der Waals surface area contributed by atoms with E-state index in [2.05, 4.69) is 15.6 Å². The fourth-order valence-corrected chi connectivity index (χ4v) is 2.89. The van der Waals surface area contributed by atoms with Gasteiger partial charge < -0.3 is 15.4 Å². The standard InChI is InChI=1S/C24H25N3O3/c1-3-22(30-19-12-10-17(2)11-13-19)24(29)27-21-9-5-4-8-20(21)23(28)26-16-18-7-6-14-25-15-18/h4-15,22H,3,16H2,1-2H3,(H,26,28)(H,27,29)/t22-/m0/s1. The highest BCUT2D eigenvalue weighted by molar-refractivity contribution is 6.04. The molecule has 0 saturated heterocycles. The fraction of sp³-hybridized carbons (Fsp3) is 0.208. The molecule has 0 fully saturated rings. The van der Waals surface area contributed by atoms with Gasteiger partial charge in [-0.1, -0.05) is 42.8 Å². The predicted octanol–water partition coefficient (Wildman–Crippen LogP) is 4.12. The Morgan fingerprint density at radius 1 is 1.03 bits per heavy atom. The van der Waals surface area contributed by atoms with Gasteiger partial charge in [0.1, 0.15) is 5.75 Å². The van der Waals surface area contributed by atoms with E-state index in [4.69, 9.17) is 4.74 Å². The highest BCUT2D eigenvalue weighted by Crippen LogP contribution is 2.19. The molecule has 154 valence electrons. The van der Waals surface area contributed by atoms with Crippen LogP contribution in [-0.4, -0.2) is 22.9 Å². The molecule has 3 rings (SSSR count). The van der Waals surface area contributed by atoms with Gasteiger partial charge in [0.2, 0.25) is 0 Å². The molecule has 0 unspecified atom stereocenters. The minimum Gasteiger partial charge on any atom is -0.481 e. The molecular weight excluding hydrogens is 378 g/mol. The topological polar surface area (TPSA) is 80.3 Å². The van der Waals surface area contributed by atoms with Gasteiger partial charge in [-0.3, -0.25) is 14.6 Å². The summed E-state index contributed by atoms with van der Waals surface area (Å²) in [6.07, 6.45) is 3.20. The second-order valence-corrected chi connectivity index (χ2v) is 6.91. The molecule has 0 spiro atoms. The van der Waals surface area contributed by atoms with Crippen LogP contribution in [0.25, 0.3) is 0 Å². The molecular formula is C24H25N3O3.